The van der Waals surface area contributed by atoms with Gasteiger partial charge in [0.05, 0.1) is 35.1 Å². The van der Waals surface area contributed by atoms with Gasteiger partial charge in [-0.2, -0.15) is 9.83 Å². The summed E-state index contributed by atoms with van der Waals surface area (Å²) in [5.41, 5.74) is 4.33. The van der Waals surface area contributed by atoms with Crippen LogP contribution >= 0.6 is 0 Å². The Morgan fingerprint density at radius 2 is 1.63 bits per heavy atom. The normalized spacial score (nSPS) is 11.0. The topological polar surface area (TPSA) is 87.4 Å². The van der Waals surface area contributed by atoms with Crippen LogP contribution in [0, 0.1) is 0 Å². The monoisotopic (exact) mass is 468 g/mol. The Hall–Kier alpha value is -4.59. The molecule has 0 saturated carbocycles. The quantitative estimate of drug-likeness (QED) is 0.345. The zero-order chi connectivity index (χ0) is 24.4. The number of carbonyl (C=O) groups excluding carboxylic acids is 2. The van der Waals surface area contributed by atoms with Crippen molar-refractivity contribution in [2.75, 3.05) is 18.5 Å². The van der Waals surface area contributed by atoms with Crippen LogP contribution in [0.3, 0.4) is 0 Å². The maximum atomic E-state index is 12.9. The lowest BCUT2D eigenvalue weighted by Gasteiger charge is -2.08. The zero-order valence-electron chi connectivity index (χ0n) is 19.4. The van der Waals surface area contributed by atoms with Gasteiger partial charge in [0.1, 0.15) is 6.61 Å². The molecular formula is C27H24N4O4. The van der Waals surface area contributed by atoms with Gasteiger partial charge in [0.2, 0.25) is 0 Å². The van der Waals surface area contributed by atoms with E-state index in [2.05, 4.69) is 10.4 Å². The lowest BCUT2D eigenvalue weighted by Crippen LogP contribution is -2.12. The van der Waals surface area contributed by atoms with Crippen molar-refractivity contribution in [3.8, 4) is 5.69 Å². The molecule has 5 aromatic rings. The van der Waals surface area contributed by atoms with Gasteiger partial charge in [-0.05, 0) is 80.6 Å². The number of aromatic nitrogens is 3. The van der Waals surface area contributed by atoms with Crippen molar-refractivity contribution in [3.63, 3.8) is 0 Å². The summed E-state index contributed by atoms with van der Waals surface area (Å²) < 4.78 is 8.52. The highest BCUT2D eigenvalue weighted by Gasteiger charge is 2.12. The molecule has 8 nitrogen and oxygen atoms in total. The van der Waals surface area contributed by atoms with E-state index in [1.54, 1.807) is 40.7 Å². The van der Waals surface area contributed by atoms with Gasteiger partial charge in [0.25, 0.3) is 5.91 Å². The third-order valence-electron chi connectivity index (χ3n) is 5.63. The molecule has 0 spiro atoms. The predicted molar refractivity (Wildman–Crippen MR) is 134 cm³/mol. The van der Waals surface area contributed by atoms with Gasteiger partial charge in [-0.1, -0.05) is 0 Å². The first-order valence-corrected chi connectivity index (χ1v) is 11.4. The summed E-state index contributed by atoms with van der Waals surface area (Å²) in [6.45, 7) is 4.59. The second-order valence-electron chi connectivity index (χ2n) is 7.88. The minimum Gasteiger partial charge on any atom is -0.462 e. The van der Waals surface area contributed by atoms with E-state index in [4.69, 9.17) is 9.57 Å². The number of hydrogen-bond acceptors (Lipinski definition) is 5. The molecule has 1 amide bonds. The number of ether oxygens (including phenoxy) is 1. The lowest BCUT2D eigenvalue weighted by atomic mass is 10.1. The van der Waals surface area contributed by atoms with Crippen LogP contribution in [0.15, 0.2) is 79.1 Å². The molecule has 0 unspecified atom stereocenters. The summed E-state index contributed by atoms with van der Waals surface area (Å²) in [5.74, 6) is -0.548. The van der Waals surface area contributed by atoms with Crippen LogP contribution < -0.4 is 10.2 Å². The molecule has 0 aliphatic heterocycles. The second-order valence-corrected chi connectivity index (χ2v) is 7.88. The molecule has 0 bridgehead atoms. The summed E-state index contributed by atoms with van der Waals surface area (Å²) in [4.78, 5) is 30.3. The van der Waals surface area contributed by atoms with Gasteiger partial charge in [0.15, 0.2) is 0 Å². The molecule has 8 heteroatoms. The van der Waals surface area contributed by atoms with Gasteiger partial charge in [-0.15, -0.1) is 0 Å². The molecule has 35 heavy (non-hydrogen) atoms. The van der Waals surface area contributed by atoms with Crippen molar-refractivity contribution in [2.24, 2.45) is 0 Å². The van der Waals surface area contributed by atoms with E-state index >= 15 is 0 Å². The Labute approximate surface area is 201 Å². The van der Waals surface area contributed by atoms with E-state index in [1.165, 1.54) is 0 Å². The first-order chi connectivity index (χ1) is 17.1. The minimum absolute atomic E-state index is 0.197. The Bertz CT molecular complexity index is 1530. The number of anilines is 1. The standard InChI is InChI=1S/C27H24N4O4/c1-3-34-27(33)18-5-9-23(10-6-18)31-25-12-8-22(16-21(25)17-28-31)29-26(32)20-7-11-24-19(15-20)13-14-30(24)35-4-2/h5-17H,3-4H2,1-2H3,(H,29,32). The molecule has 1 N–H and O–H groups in total. The average molecular weight is 469 g/mol. The van der Waals surface area contributed by atoms with Gasteiger partial charge in [-0.3, -0.25) is 4.79 Å². The Morgan fingerprint density at radius 3 is 2.40 bits per heavy atom. The van der Waals surface area contributed by atoms with Crippen molar-refractivity contribution in [1.29, 1.82) is 0 Å². The lowest BCUT2D eigenvalue weighted by molar-refractivity contribution is 0.0526. The van der Waals surface area contributed by atoms with Gasteiger partial charge < -0.3 is 14.9 Å². The van der Waals surface area contributed by atoms with Crippen LogP contribution in [-0.2, 0) is 4.74 Å². The number of amides is 1. The number of esters is 1. The second kappa shape index (κ2) is 9.34. The third-order valence-corrected chi connectivity index (χ3v) is 5.63. The molecular weight excluding hydrogens is 444 g/mol. The molecule has 176 valence electrons. The van der Waals surface area contributed by atoms with Crippen molar-refractivity contribution in [1.82, 2.24) is 14.5 Å². The molecule has 2 aromatic heterocycles. The highest BCUT2D eigenvalue weighted by molar-refractivity contribution is 6.07. The Kier molecular flexibility index (Phi) is 5.93. The number of nitrogens with one attached hydrogen (secondary N) is 1. The first-order valence-electron chi connectivity index (χ1n) is 11.4. The summed E-state index contributed by atoms with van der Waals surface area (Å²) in [6.07, 6.45) is 3.58. The number of hydrogen-bond donors (Lipinski definition) is 1. The molecule has 0 atom stereocenters. The highest BCUT2D eigenvalue weighted by Crippen LogP contribution is 2.24. The largest absolute Gasteiger partial charge is 0.462 e. The Balaban J connectivity index is 1.35. The number of nitrogens with zero attached hydrogens (tertiary/aromatic N) is 3. The van der Waals surface area contributed by atoms with E-state index < -0.39 is 0 Å². The molecule has 0 saturated heterocycles. The van der Waals surface area contributed by atoms with E-state index in [0.717, 1.165) is 27.5 Å². The number of fused-ring (bicyclic) bond motifs is 2. The summed E-state index contributed by atoms with van der Waals surface area (Å²) in [7, 11) is 0. The van der Waals surface area contributed by atoms with E-state index in [1.807, 2.05) is 61.7 Å². The smallest absolute Gasteiger partial charge is 0.338 e. The summed E-state index contributed by atoms with van der Waals surface area (Å²) in [5, 5.41) is 9.25. The predicted octanol–water partition coefficient (Wildman–Crippen LogP) is 4.86. The molecule has 5 rings (SSSR count). The molecule has 0 aliphatic rings. The maximum absolute atomic E-state index is 12.9. The number of carbonyl (C=O) groups is 2. The van der Waals surface area contributed by atoms with Crippen LogP contribution in [-0.4, -0.2) is 39.6 Å². The maximum Gasteiger partial charge on any atom is 0.338 e. The third kappa shape index (κ3) is 4.33. The zero-order valence-corrected chi connectivity index (χ0v) is 19.4. The van der Waals surface area contributed by atoms with Crippen LogP contribution in [0.5, 0.6) is 0 Å². The fraction of sp³-hybridized carbons (Fsp3) is 0.148. The van der Waals surface area contributed by atoms with Crippen molar-refractivity contribution >= 4 is 39.4 Å². The average Bonchev–Trinajstić information content (AvgIpc) is 3.48. The van der Waals surface area contributed by atoms with Gasteiger partial charge in [0, 0.05) is 28.2 Å². The van der Waals surface area contributed by atoms with Crippen LogP contribution in [0.1, 0.15) is 34.6 Å². The number of rotatable bonds is 7. The first kappa shape index (κ1) is 22.2. The fourth-order valence-electron chi connectivity index (χ4n) is 3.98. The van der Waals surface area contributed by atoms with Gasteiger partial charge in [-0.25, -0.2) is 9.48 Å². The highest BCUT2D eigenvalue weighted by atomic mass is 16.7. The molecule has 0 fully saturated rings. The molecule has 0 radical (unpaired) electrons. The molecule has 0 aliphatic carbocycles. The minimum atomic E-state index is -0.351. The fourth-order valence-corrected chi connectivity index (χ4v) is 3.98. The van der Waals surface area contributed by atoms with Crippen molar-refractivity contribution < 1.29 is 19.2 Å². The van der Waals surface area contributed by atoms with Crippen LogP contribution in [0.25, 0.3) is 27.5 Å². The van der Waals surface area contributed by atoms with E-state index in [-0.39, 0.29) is 11.9 Å². The van der Waals surface area contributed by atoms with E-state index in [0.29, 0.717) is 30.0 Å². The van der Waals surface area contributed by atoms with Crippen LogP contribution in [0.4, 0.5) is 5.69 Å². The summed E-state index contributed by atoms with van der Waals surface area (Å²) in [6, 6.07) is 20.1. The van der Waals surface area contributed by atoms with Crippen LogP contribution in [0.2, 0.25) is 0 Å². The summed E-state index contributed by atoms with van der Waals surface area (Å²) >= 11 is 0. The van der Waals surface area contributed by atoms with E-state index in [9.17, 15) is 9.59 Å². The van der Waals surface area contributed by atoms with Gasteiger partial charge >= 0.3 is 5.97 Å². The van der Waals surface area contributed by atoms with Crippen molar-refractivity contribution in [3.05, 3.63) is 90.3 Å². The molecule has 2 heterocycles. The van der Waals surface area contributed by atoms with Crippen molar-refractivity contribution in [2.45, 2.75) is 13.8 Å². The Morgan fingerprint density at radius 1 is 0.857 bits per heavy atom. The molecule has 3 aromatic carbocycles. The SMILES string of the molecule is CCOC(=O)c1ccc(-n2ncc3cc(NC(=O)c4ccc5c(ccn5OCC)c4)ccc32)cc1. The number of benzene rings is 3.